The fourth-order valence-electron chi connectivity index (χ4n) is 4.66. The van der Waals surface area contributed by atoms with Crippen molar-refractivity contribution in [3.63, 3.8) is 0 Å². The third kappa shape index (κ3) is 6.61. The van der Waals surface area contributed by atoms with Crippen LogP contribution in [-0.2, 0) is 10.9 Å². The van der Waals surface area contributed by atoms with E-state index >= 15 is 0 Å². The Morgan fingerprint density at radius 2 is 1.74 bits per heavy atom. The van der Waals surface area contributed by atoms with Gasteiger partial charge in [0.05, 0.1) is 5.69 Å². The Morgan fingerprint density at radius 3 is 2.42 bits per heavy atom. The minimum Gasteiger partial charge on any atom is -0.473 e. The smallest absolute Gasteiger partial charge is 0.436 e. The molecule has 0 atom stereocenters. The van der Waals surface area contributed by atoms with E-state index in [-0.39, 0.29) is 37.0 Å². The number of hydrogen-bond acceptors (Lipinski definition) is 7. The Balaban J connectivity index is 1.38. The Hall–Kier alpha value is -4.13. The molecule has 0 unspecified atom stereocenters. The maximum absolute atomic E-state index is 13.9. The largest absolute Gasteiger partial charge is 0.473 e. The quantitative estimate of drug-likeness (QED) is 0.328. The highest BCUT2D eigenvalue weighted by atomic mass is 35.5. The molecule has 2 aliphatic heterocycles. The predicted octanol–water partition coefficient (Wildman–Crippen LogP) is 6.33. The monoisotopic (exact) mass is 622 g/mol. The maximum Gasteiger partial charge on any atom is 0.436 e. The molecule has 10 nitrogen and oxygen atoms in total. The van der Waals surface area contributed by atoms with E-state index in [4.69, 9.17) is 30.5 Å². The van der Waals surface area contributed by atoms with Crippen molar-refractivity contribution in [1.82, 2.24) is 14.7 Å². The van der Waals surface area contributed by atoms with Crippen LogP contribution >= 0.6 is 11.6 Å². The van der Waals surface area contributed by atoms with Gasteiger partial charge in [-0.05, 0) is 51.1 Å². The van der Waals surface area contributed by atoms with Crippen LogP contribution in [0, 0.1) is 0 Å². The zero-order chi connectivity index (χ0) is 31.1. The van der Waals surface area contributed by atoms with Crippen LogP contribution in [0.2, 0.25) is 5.02 Å². The van der Waals surface area contributed by atoms with Gasteiger partial charge in [-0.1, -0.05) is 17.7 Å². The van der Waals surface area contributed by atoms with Gasteiger partial charge in [-0.3, -0.25) is 4.79 Å². The number of amides is 2. The van der Waals surface area contributed by atoms with E-state index in [0.717, 1.165) is 4.68 Å². The summed E-state index contributed by atoms with van der Waals surface area (Å²) in [5.74, 6) is 0.326. The van der Waals surface area contributed by atoms with Crippen molar-refractivity contribution >= 4 is 29.3 Å². The van der Waals surface area contributed by atoms with Gasteiger partial charge >= 0.3 is 12.3 Å². The summed E-state index contributed by atoms with van der Waals surface area (Å²) in [6.45, 7) is 5.94. The highest BCUT2D eigenvalue weighted by Crippen LogP contribution is 2.41. The number of aromatic nitrogens is 2. The molecule has 0 saturated carbocycles. The fraction of sp³-hybridized carbons (Fsp3) is 0.414. The zero-order valence-electron chi connectivity index (χ0n) is 23.9. The molecule has 2 aliphatic rings. The van der Waals surface area contributed by atoms with Gasteiger partial charge in [-0.25, -0.2) is 4.79 Å². The maximum atomic E-state index is 13.9. The molecule has 1 fully saturated rings. The number of halogens is 4. The second-order valence-corrected chi connectivity index (χ2v) is 11.5. The van der Waals surface area contributed by atoms with Gasteiger partial charge in [0.2, 0.25) is 12.7 Å². The van der Waals surface area contributed by atoms with Crippen molar-refractivity contribution in [3.8, 4) is 23.1 Å². The molecule has 0 aliphatic carbocycles. The molecule has 1 saturated heterocycles. The third-order valence-corrected chi connectivity index (χ3v) is 7.15. The average Bonchev–Trinajstić information content (AvgIpc) is 3.55. The summed E-state index contributed by atoms with van der Waals surface area (Å²) < 4.78 is 64.6. The van der Waals surface area contributed by atoms with Crippen LogP contribution in [0.5, 0.6) is 17.4 Å². The summed E-state index contributed by atoms with van der Waals surface area (Å²) in [6, 6.07) is 11.0. The number of carbonyl (C=O) groups excluding carboxylic acids is 2. The average molecular weight is 623 g/mol. The van der Waals surface area contributed by atoms with Gasteiger partial charge in [0.25, 0.3) is 5.91 Å². The van der Waals surface area contributed by atoms with Gasteiger partial charge in [0.1, 0.15) is 16.7 Å². The van der Waals surface area contributed by atoms with Crippen molar-refractivity contribution in [3.05, 3.63) is 58.7 Å². The molecular weight excluding hydrogens is 593 g/mol. The first-order valence-corrected chi connectivity index (χ1v) is 13.9. The summed E-state index contributed by atoms with van der Waals surface area (Å²) in [7, 11) is 1.57. The number of piperidine rings is 1. The number of rotatable bonds is 5. The van der Waals surface area contributed by atoms with Gasteiger partial charge < -0.3 is 28.7 Å². The second-order valence-electron chi connectivity index (χ2n) is 11.1. The normalized spacial score (nSPS) is 15.4. The van der Waals surface area contributed by atoms with Gasteiger partial charge in [0.15, 0.2) is 17.2 Å². The van der Waals surface area contributed by atoms with Crippen LogP contribution in [0.25, 0.3) is 5.69 Å². The summed E-state index contributed by atoms with van der Waals surface area (Å²) in [4.78, 5) is 28.7. The lowest BCUT2D eigenvalue weighted by atomic mass is 10.1. The number of likely N-dealkylation sites (tertiary alicyclic amines) is 1. The van der Waals surface area contributed by atoms with E-state index < -0.39 is 40.6 Å². The Labute approximate surface area is 250 Å². The first-order chi connectivity index (χ1) is 20.2. The molecule has 0 N–H and O–H groups in total. The number of benzene rings is 2. The van der Waals surface area contributed by atoms with Crippen molar-refractivity contribution < 1.29 is 41.7 Å². The van der Waals surface area contributed by atoms with E-state index in [1.165, 1.54) is 34.1 Å². The third-order valence-electron chi connectivity index (χ3n) is 6.81. The summed E-state index contributed by atoms with van der Waals surface area (Å²) >= 11 is 6.20. The number of fused-ring (bicyclic) bond motifs is 1. The molecule has 43 heavy (non-hydrogen) atoms. The van der Waals surface area contributed by atoms with Crippen LogP contribution in [0.15, 0.2) is 42.5 Å². The molecule has 5 rings (SSSR count). The molecule has 3 heterocycles. The minimum atomic E-state index is -4.85. The van der Waals surface area contributed by atoms with Crippen LogP contribution in [0.4, 0.5) is 23.7 Å². The first kappa shape index (κ1) is 30.3. The SMILES string of the molecule is CN(C(=O)c1cccc(-n2nc(C(F)(F)F)c(Cl)c2OC2CCN(C(=O)OC(C)(C)C)CC2)c1)c1ccc2c(c1)OCO2. The van der Waals surface area contributed by atoms with Crippen molar-refractivity contribution in [2.45, 2.75) is 51.5 Å². The molecule has 3 aromatic rings. The topological polar surface area (TPSA) is 95.4 Å². The molecule has 0 spiro atoms. The summed E-state index contributed by atoms with van der Waals surface area (Å²) in [6.07, 6.45) is -5.20. The fourth-order valence-corrected chi connectivity index (χ4v) is 4.93. The van der Waals surface area contributed by atoms with E-state index in [1.54, 1.807) is 46.0 Å². The number of hydrogen-bond donors (Lipinski definition) is 0. The summed E-state index contributed by atoms with van der Waals surface area (Å²) in [5, 5.41) is 3.04. The number of nitrogens with zero attached hydrogens (tertiary/aromatic N) is 4. The molecule has 1 aromatic heterocycles. The van der Waals surface area contributed by atoms with E-state index in [1.807, 2.05) is 0 Å². The van der Waals surface area contributed by atoms with Crippen LogP contribution in [0.3, 0.4) is 0 Å². The lowest BCUT2D eigenvalue weighted by molar-refractivity contribution is -0.141. The Morgan fingerprint density at radius 1 is 1.05 bits per heavy atom. The number of ether oxygens (including phenoxy) is 4. The Bertz CT molecular complexity index is 1530. The predicted molar refractivity (Wildman–Crippen MR) is 150 cm³/mol. The number of carbonyl (C=O) groups is 2. The van der Waals surface area contributed by atoms with E-state index in [0.29, 0.717) is 30.0 Å². The van der Waals surface area contributed by atoms with Crippen molar-refractivity contribution in [2.24, 2.45) is 0 Å². The zero-order valence-corrected chi connectivity index (χ0v) is 24.7. The highest BCUT2D eigenvalue weighted by Gasteiger charge is 2.41. The number of alkyl halides is 3. The summed E-state index contributed by atoms with van der Waals surface area (Å²) in [5.41, 5.74) is -1.11. The number of anilines is 1. The molecule has 0 bridgehead atoms. The molecule has 2 amide bonds. The lowest BCUT2D eigenvalue weighted by Crippen LogP contribution is -2.44. The van der Waals surface area contributed by atoms with Crippen molar-refractivity contribution in [2.75, 3.05) is 31.8 Å². The van der Waals surface area contributed by atoms with Crippen LogP contribution in [-0.4, -0.2) is 65.3 Å². The minimum absolute atomic E-state index is 0.0814. The van der Waals surface area contributed by atoms with E-state index in [2.05, 4.69) is 5.10 Å². The van der Waals surface area contributed by atoms with Crippen LogP contribution < -0.4 is 19.1 Å². The highest BCUT2D eigenvalue weighted by molar-refractivity contribution is 6.32. The molecule has 0 radical (unpaired) electrons. The van der Waals surface area contributed by atoms with Gasteiger partial charge in [0, 0.05) is 50.3 Å². The first-order valence-electron chi connectivity index (χ1n) is 13.5. The van der Waals surface area contributed by atoms with Crippen LogP contribution in [0.1, 0.15) is 49.7 Å². The van der Waals surface area contributed by atoms with E-state index in [9.17, 15) is 22.8 Å². The molecule has 14 heteroatoms. The Kier molecular flexibility index (Phi) is 8.12. The molecular formula is C29H30ClF3N4O6. The molecule has 230 valence electrons. The standard InChI is InChI=1S/C29H30ClF3N4O6/c1-28(2,3)43-27(39)36-12-10-20(11-13-36)42-26-23(30)24(29(31,32)33)34-37(26)19-7-5-6-17(14-19)25(38)35(4)18-8-9-21-22(15-18)41-16-40-21/h5-9,14-15,20H,10-13,16H2,1-4H3. The molecule has 2 aromatic carbocycles. The van der Waals surface area contributed by atoms with Gasteiger partial charge in [-0.2, -0.15) is 23.0 Å². The van der Waals surface area contributed by atoms with Crippen molar-refractivity contribution in [1.29, 1.82) is 0 Å². The lowest BCUT2D eigenvalue weighted by Gasteiger charge is -2.33. The second kappa shape index (κ2) is 11.5. The van der Waals surface area contributed by atoms with Gasteiger partial charge in [-0.15, -0.1) is 0 Å².